The maximum absolute atomic E-state index is 3.34. The standard InChI is InChI=1S/C11H12N2/c1-13-7-9(10-6-12-10)8-4-2-3-5-11(8)13/h2-5,7,10,12H,6H2,1H3/t10-/m1/s1. The van der Waals surface area contributed by atoms with Crippen molar-refractivity contribution in [1.29, 1.82) is 0 Å². The van der Waals surface area contributed by atoms with Gasteiger partial charge in [-0.1, -0.05) is 18.2 Å². The predicted octanol–water partition coefficient (Wildman–Crippen LogP) is 1.82. The number of nitrogens with zero attached hydrogens (tertiary/aromatic N) is 1. The lowest BCUT2D eigenvalue weighted by molar-refractivity contribution is 0.949. The Morgan fingerprint density at radius 1 is 1.38 bits per heavy atom. The average molecular weight is 172 g/mol. The first kappa shape index (κ1) is 7.15. The number of aryl methyl sites for hydroxylation is 1. The van der Waals surface area contributed by atoms with Crippen molar-refractivity contribution in [3.8, 4) is 0 Å². The van der Waals surface area contributed by atoms with Gasteiger partial charge in [-0.25, -0.2) is 0 Å². The van der Waals surface area contributed by atoms with Crippen LogP contribution >= 0.6 is 0 Å². The van der Waals surface area contributed by atoms with Gasteiger partial charge in [0.2, 0.25) is 0 Å². The molecule has 1 aromatic carbocycles. The lowest BCUT2D eigenvalue weighted by Gasteiger charge is -1.93. The Labute approximate surface area is 77.2 Å². The van der Waals surface area contributed by atoms with Crippen LogP contribution in [-0.2, 0) is 7.05 Å². The minimum absolute atomic E-state index is 0.603. The second kappa shape index (κ2) is 2.36. The molecule has 1 aliphatic heterocycles. The van der Waals surface area contributed by atoms with Gasteiger partial charge >= 0.3 is 0 Å². The second-order valence-electron chi connectivity index (χ2n) is 3.67. The smallest absolute Gasteiger partial charge is 0.0481 e. The molecule has 0 aliphatic carbocycles. The Balaban J connectivity index is 2.34. The van der Waals surface area contributed by atoms with E-state index < -0.39 is 0 Å². The van der Waals surface area contributed by atoms with Crippen LogP contribution in [0.5, 0.6) is 0 Å². The molecular formula is C11H12N2. The van der Waals surface area contributed by atoms with Gasteiger partial charge in [-0.05, 0) is 11.6 Å². The number of para-hydroxylation sites is 1. The largest absolute Gasteiger partial charge is 0.350 e. The molecule has 1 atom stereocenters. The van der Waals surface area contributed by atoms with Crippen molar-refractivity contribution in [2.75, 3.05) is 6.54 Å². The van der Waals surface area contributed by atoms with E-state index in [-0.39, 0.29) is 0 Å². The molecule has 1 aliphatic rings. The molecular weight excluding hydrogens is 160 g/mol. The Bertz CT molecular complexity index is 452. The zero-order valence-electron chi connectivity index (χ0n) is 7.62. The summed E-state index contributed by atoms with van der Waals surface area (Å²) in [6, 6.07) is 9.16. The average Bonchev–Trinajstić information content (AvgIpc) is 2.94. The first-order chi connectivity index (χ1) is 6.36. The minimum Gasteiger partial charge on any atom is -0.350 e. The van der Waals surface area contributed by atoms with Crippen LogP contribution in [0.15, 0.2) is 30.5 Å². The first-order valence-corrected chi connectivity index (χ1v) is 4.63. The number of hydrogen-bond donors (Lipinski definition) is 1. The van der Waals surface area contributed by atoms with Gasteiger partial charge in [-0.2, -0.15) is 0 Å². The molecule has 1 N–H and O–H groups in total. The Hall–Kier alpha value is -1.28. The maximum Gasteiger partial charge on any atom is 0.0481 e. The highest BCUT2D eigenvalue weighted by molar-refractivity contribution is 5.84. The second-order valence-corrected chi connectivity index (χ2v) is 3.67. The van der Waals surface area contributed by atoms with E-state index in [4.69, 9.17) is 0 Å². The highest BCUT2D eigenvalue weighted by Crippen LogP contribution is 2.30. The van der Waals surface area contributed by atoms with Crippen molar-refractivity contribution < 1.29 is 0 Å². The van der Waals surface area contributed by atoms with Crippen LogP contribution in [0.4, 0.5) is 0 Å². The summed E-state index contributed by atoms with van der Waals surface area (Å²) in [5.41, 5.74) is 2.77. The molecule has 13 heavy (non-hydrogen) atoms. The van der Waals surface area contributed by atoms with E-state index in [2.05, 4.69) is 47.4 Å². The van der Waals surface area contributed by atoms with Gasteiger partial charge in [0.05, 0.1) is 0 Å². The van der Waals surface area contributed by atoms with Gasteiger partial charge < -0.3 is 9.88 Å². The van der Waals surface area contributed by atoms with Crippen LogP contribution < -0.4 is 5.32 Å². The van der Waals surface area contributed by atoms with Crippen LogP contribution in [0.2, 0.25) is 0 Å². The zero-order chi connectivity index (χ0) is 8.84. The van der Waals surface area contributed by atoms with E-state index >= 15 is 0 Å². The molecule has 0 unspecified atom stereocenters. The summed E-state index contributed by atoms with van der Waals surface area (Å²) >= 11 is 0. The lowest BCUT2D eigenvalue weighted by atomic mass is 10.1. The summed E-state index contributed by atoms with van der Waals surface area (Å²) in [4.78, 5) is 0. The fraction of sp³-hybridized carbons (Fsp3) is 0.273. The van der Waals surface area contributed by atoms with E-state index in [1.807, 2.05) is 0 Å². The number of hydrogen-bond acceptors (Lipinski definition) is 1. The monoisotopic (exact) mass is 172 g/mol. The van der Waals surface area contributed by atoms with Gasteiger partial charge in [-0.15, -0.1) is 0 Å². The van der Waals surface area contributed by atoms with Crippen LogP contribution in [-0.4, -0.2) is 11.1 Å². The quantitative estimate of drug-likeness (QED) is 0.653. The molecule has 0 radical (unpaired) electrons. The van der Waals surface area contributed by atoms with Gasteiger partial charge in [0, 0.05) is 36.7 Å². The summed E-state index contributed by atoms with van der Waals surface area (Å²) in [6.07, 6.45) is 2.23. The number of benzene rings is 1. The van der Waals surface area contributed by atoms with Crippen molar-refractivity contribution in [2.45, 2.75) is 6.04 Å². The summed E-state index contributed by atoms with van der Waals surface area (Å²) in [6.45, 7) is 1.13. The lowest BCUT2D eigenvalue weighted by Crippen LogP contribution is -1.82. The Morgan fingerprint density at radius 2 is 2.15 bits per heavy atom. The molecule has 1 aromatic heterocycles. The van der Waals surface area contributed by atoms with Crippen LogP contribution in [0.25, 0.3) is 10.9 Å². The molecule has 2 heterocycles. The highest BCUT2D eigenvalue weighted by atomic mass is 15.1. The van der Waals surface area contributed by atoms with Gasteiger partial charge in [-0.3, -0.25) is 0 Å². The summed E-state index contributed by atoms with van der Waals surface area (Å²) in [5, 5.41) is 4.73. The maximum atomic E-state index is 3.34. The number of aromatic nitrogens is 1. The molecule has 2 heteroatoms. The number of rotatable bonds is 1. The highest BCUT2D eigenvalue weighted by Gasteiger charge is 2.25. The van der Waals surface area contributed by atoms with Crippen LogP contribution in [0, 0.1) is 0 Å². The van der Waals surface area contributed by atoms with E-state index in [0.717, 1.165) is 6.54 Å². The van der Waals surface area contributed by atoms with Crippen LogP contribution in [0.3, 0.4) is 0 Å². The van der Waals surface area contributed by atoms with Gasteiger partial charge in [0.15, 0.2) is 0 Å². The molecule has 3 rings (SSSR count). The van der Waals surface area contributed by atoms with Crippen molar-refractivity contribution in [3.05, 3.63) is 36.0 Å². The molecule has 0 bridgehead atoms. The third-order valence-corrected chi connectivity index (χ3v) is 2.71. The molecule has 0 saturated carbocycles. The van der Waals surface area contributed by atoms with E-state index in [1.165, 1.54) is 16.5 Å². The van der Waals surface area contributed by atoms with Gasteiger partial charge in [0.25, 0.3) is 0 Å². The first-order valence-electron chi connectivity index (χ1n) is 4.63. The SMILES string of the molecule is Cn1cc([C@H]2CN2)c2ccccc21. The van der Waals surface area contributed by atoms with Gasteiger partial charge in [0.1, 0.15) is 0 Å². The summed E-state index contributed by atoms with van der Waals surface area (Å²) in [5.74, 6) is 0. The number of fused-ring (bicyclic) bond motifs is 1. The topological polar surface area (TPSA) is 26.9 Å². The molecule has 66 valence electrons. The molecule has 1 fully saturated rings. The Morgan fingerprint density at radius 3 is 2.92 bits per heavy atom. The summed E-state index contributed by atoms with van der Waals surface area (Å²) < 4.78 is 2.20. The molecule has 0 spiro atoms. The Kier molecular flexibility index (Phi) is 1.30. The van der Waals surface area contributed by atoms with Crippen molar-refractivity contribution in [2.24, 2.45) is 7.05 Å². The van der Waals surface area contributed by atoms with E-state index in [9.17, 15) is 0 Å². The predicted molar refractivity (Wildman–Crippen MR) is 53.7 cm³/mol. The molecule has 1 saturated heterocycles. The van der Waals surface area contributed by atoms with Crippen molar-refractivity contribution in [1.82, 2.24) is 9.88 Å². The number of nitrogens with one attached hydrogen (secondary N) is 1. The normalized spacial score (nSPS) is 20.8. The third-order valence-electron chi connectivity index (χ3n) is 2.71. The fourth-order valence-corrected chi connectivity index (χ4v) is 1.93. The van der Waals surface area contributed by atoms with Crippen molar-refractivity contribution in [3.63, 3.8) is 0 Å². The van der Waals surface area contributed by atoms with Crippen molar-refractivity contribution >= 4 is 10.9 Å². The van der Waals surface area contributed by atoms with E-state index in [0.29, 0.717) is 6.04 Å². The zero-order valence-corrected chi connectivity index (χ0v) is 7.62. The van der Waals surface area contributed by atoms with Crippen LogP contribution in [0.1, 0.15) is 11.6 Å². The third kappa shape index (κ3) is 0.988. The summed E-state index contributed by atoms with van der Waals surface area (Å²) in [7, 11) is 2.11. The molecule has 2 nitrogen and oxygen atoms in total. The molecule has 2 aromatic rings. The van der Waals surface area contributed by atoms with E-state index in [1.54, 1.807) is 0 Å². The minimum atomic E-state index is 0.603. The fourth-order valence-electron chi connectivity index (χ4n) is 1.93. The molecule has 0 amide bonds.